The van der Waals surface area contributed by atoms with Gasteiger partial charge in [0.1, 0.15) is 18.4 Å². The number of aryl methyl sites for hydroxylation is 1. The molecule has 0 saturated carbocycles. The highest BCUT2D eigenvalue weighted by molar-refractivity contribution is 7.92. The second kappa shape index (κ2) is 14.7. The van der Waals surface area contributed by atoms with E-state index in [4.69, 9.17) is 23.2 Å². The van der Waals surface area contributed by atoms with E-state index in [9.17, 15) is 22.4 Å². The molecule has 0 aliphatic carbocycles. The topological polar surface area (TPSA) is 86.8 Å². The molecule has 46 heavy (non-hydrogen) atoms. The lowest BCUT2D eigenvalue weighted by molar-refractivity contribution is -0.140. The number of sulfonamides is 1. The fraction of sp³-hybridized carbons (Fsp3) is 0.257. The fourth-order valence-electron chi connectivity index (χ4n) is 4.83. The van der Waals surface area contributed by atoms with E-state index in [1.54, 1.807) is 12.1 Å². The molecule has 2 amide bonds. The summed E-state index contributed by atoms with van der Waals surface area (Å²) in [6.07, 6.45) is 0.137. The first-order valence-corrected chi connectivity index (χ1v) is 16.8. The van der Waals surface area contributed by atoms with Gasteiger partial charge in [-0.1, -0.05) is 89.4 Å². The lowest BCUT2D eigenvalue weighted by Gasteiger charge is -2.35. The van der Waals surface area contributed by atoms with Crippen molar-refractivity contribution in [3.8, 4) is 0 Å². The van der Waals surface area contributed by atoms with Crippen LogP contribution < -0.4 is 9.62 Å². The number of hydrogen-bond acceptors (Lipinski definition) is 4. The van der Waals surface area contributed by atoms with Gasteiger partial charge in [-0.15, -0.1) is 0 Å². The molecular formula is C35H36Cl2FN3O4S. The van der Waals surface area contributed by atoms with Crippen molar-refractivity contribution in [1.29, 1.82) is 0 Å². The lowest BCUT2D eigenvalue weighted by Crippen LogP contribution is -2.56. The molecule has 1 N–H and O–H groups in total. The average Bonchev–Trinajstić information content (AvgIpc) is 3.00. The van der Waals surface area contributed by atoms with E-state index < -0.39 is 45.8 Å². The number of nitrogens with one attached hydrogen (secondary N) is 1. The Labute approximate surface area is 280 Å². The summed E-state index contributed by atoms with van der Waals surface area (Å²) in [7, 11) is -4.36. The van der Waals surface area contributed by atoms with Crippen LogP contribution in [0.15, 0.2) is 102 Å². The minimum atomic E-state index is -4.36. The molecule has 0 aliphatic rings. The van der Waals surface area contributed by atoms with Gasteiger partial charge >= 0.3 is 0 Å². The minimum Gasteiger partial charge on any atom is -0.350 e. The number of carbonyl (C=O) groups is 2. The second-order valence-electron chi connectivity index (χ2n) is 12.0. The van der Waals surface area contributed by atoms with Crippen molar-refractivity contribution < 1.29 is 22.4 Å². The van der Waals surface area contributed by atoms with Crippen LogP contribution in [-0.4, -0.2) is 43.3 Å². The zero-order valence-electron chi connectivity index (χ0n) is 26.0. The molecule has 242 valence electrons. The summed E-state index contributed by atoms with van der Waals surface area (Å²) in [6.45, 7) is 6.50. The molecule has 0 unspecified atom stereocenters. The van der Waals surface area contributed by atoms with Crippen molar-refractivity contribution >= 4 is 50.7 Å². The number of benzene rings is 4. The predicted octanol–water partition coefficient (Wildman–Crippen LogP) is 7.19. The van der Waals surface area contributed by atoms with E-state index in [-0.39, 0.29) is 33.6 Å². The molecule has 0 bridgehead atoms. The Balaban J connectivity index is 1.84. The zero-order valence-corrected chi connectivity index (χ0v) is 28.3. The van der Waals surface area contributed by atoms with Gasteiger partial charge in [-0.2, -0.15) is 0 Å². The first-order chi connectivity index (χ1) is 21.7. The number of amides is 2. The first-order valence-electron chi connectivity index (χ1n) is 14.6. The van der Waals surface area contributed by atoms with Crippen molar-refractivity contribution in [2.75, 3.05) is 10.8 Å². The summed E-state index contributed by atoms with van der Waals surface area (Å²) in [4.78, 5) is 29.7. The Morgan fingerprint density at radius 3 is 2.09 bits per heavy atom. The Bertz CT molecular complexity index is 1780. The predicted molar refractivity (Wildman–Crippen MR) is 181 cm³/mol. The molecule has 0 heterocycles. The van der Waals surface area contributed by atoms with E-state index >= 15 is 0 Å². The largest absolute Gasteiger partial charge is 0.350 e. The van der Waals surface area contributed by atoms with Crippen LogP contribution in [0.3, 0.4) is 0 Å². The normalized spacial score (nSPS) is 12.3. The summed E-state index contributed by atoms with van der Waals surface area (Å²) in [5, 5.41) is 3.02. The van der Waals surface area contributed by atoms with E-state index in [1.807, 2.05) is 58.0 Å². The van der Waals surface area contributed by atoms with Crippen LogP contribution in [0, 0.1) is 12.7 Å². The third-order valence-electron chi connectivity index (χ3n) is 7.12. The smallest absolute Gasteiger partial charge is 0.264 e. The number of rotatable bonds is 11. The molecule has 0 fully saturated rings. The summed E-state index contributed by atoms with van der Waals surface area (Å²) in [5.74, 6) is -1.57. The Kier molecular flexibility index (Phi) is 11.1. The minimum absolute atomic E-state index is 0.00331. The van der Waals surface area contributed by atoms with Gasteiger partial charge in [0.05, 0.1) is 20.6 Å². The maximum absolute atomic E-state index is 14.5. The Morgan fingerprint density at radius 1 is 0.848 bits per heavy atom. The Hall–Kier alpha value is -3.92. The second-order valence-corrected chi connectivity index (χ2v) is 14.6. The van der Waals surface area contributed by atoms with Gasteiger partial charge in [0.15, 0.2) is 0 Å². The van der Waals surface area contributed by atoms with Crippen LogP contribution in [0.1, 0.15) is 37.5 Å². The maximum Gasteiger partial charge on any atom is 0.264 e. The van der Waals surface area contributed by atoms with E-state index in [0.29, 0.717) is 5.56 Å². The summed E-state index contributed by atoms with van der Waals surface area (Å²) in [5.41, 5.74) is 1.55. The third kappa shape index (κ3) is 8.87. The van der Waals surface area contributed by atoms with E-state index in [0.717, 1.165) is 15.4 Å². The van der Waals surface area contributed by atoms with Crippen molar-refractivity contribution in [3.05, 3.63) is 130 Å². The number of carbonyl (C=O) groups excluding carboxylic acids is 2. The van der Waals surface area contributed by atoms with Crippen LogP contribution in [0.4, 0.5) is 10.1 Å². The molecule has 11 heteroatoms. The van der Waals surface area contributed by atoms with Crippen LogP contribution in [0.25, 0.3) is 0 Å². The van der Waals surface area contributed by atoms with Crippen molar-refractivity contribution in [2.45, 2.75) is 57.1 Å². The van der Waals surface area contributed by atoms with Crippen molar-refractivity contribution in [2.24, 2.45) is 0 Å². The van der Waals surface area contributed by atoms with Crippen molar-refractivity contribution in [1.82, 2.24) is 10.2 Å². The van der Waals surface area contributed by atoms with Gasteiger partial charge in [-0.3, -0.25) is 13.9 Å². The van der Waals surface area contributed by atoms with Crippen LogP contribution in [-0.2, 0) is 32.6 Å². The SMILES string of the molecule is Cc1ccc(S(=O)(=O)N(CC(=O)N(Cc2ccc(F)cc2)[C@@H](Cc2ccccc2)C(=O)NC(C)(C)C)c2cccc(Cl)c2Cl)cc1. The highest BCUT2D eigenvalue weighted by Crippen LogP contribution is 2.35. The fourth-order valence-corrected chi connectivity index (χ4v) is 6.70. The molecule has 4 rings (SSSR count). The summed E-state index contributed by atoms with van der Waals surface area (Å²) in [6, 6.07) is 24.4. The number of hydrogen-bond donors (Lipinski definition) is 1. The molecule has 7 nitrogen and oxygen atoms in total. The average molecular weight is 685 g/mol. The maximum atomic E-state index is 14.5. The van der Waals surface area contributed by atoms with E-state index in [1.165, 1.54) is 59.5 Å². The van der Waals surface area contributed by atoms with Gasteiger partial charge in [-0.05, 0) is 75.2 Å². The standard InChI is InChI=1S/C35H36Cl2FN3O4S/c1-24-13-19-28(20-14-24)46(44,45)41(30-12-8-11-29(36)33(30)37)23-32(42)40(22-26-15-17-27(38)18-16-26)31(34(43)39-35(2,3)4)21-25-9-6-5-7-10-25/h5-20,31H,21-23H2,1-4H3,(H,39,43)/t31-/m0/s1. The lowest BCUT2D eigenvalue weighted by atomic mass is 10.0. The van der Waals surface area contributed by atoms with Crippen LogP contribution in [0.2, 0.25) is 10.0 Å². The molecule has 0 aromatic heterocycles. The van der Waals surface area contributed by atoms with Gasteiger partial charge in [-0.25, -0.2) is 12.8 Å². The zero-order chi connectivity index (χ0) is 33.6. The number of nitrogens with zero attached hydrogens (tertiary/aromatic N) is 2. The highest BCUT2D eigenvalue weighted by atomic mass is 35.5. The first kappa shape index (κ1) is 34.9. The van der Waals surface area contributed by atoms with Crippen molar-refractivity contribution in [3.63, 3.8) is 0 Å². The highest BCUT2D eigenvalue weighted by Gasteiger charge is 2.36. The molecule has 0 spiro atoms. The quantitative estimate of drug-likeness (QED) is 0.181. The summed E-state index contributed by atoms with van der Waals surface area (Å²) >= 11 is 12.9. The monoisotopic (exact) mass is 683 g/mol. The van der Waals surface area contributed by atoms with Gasteiger partial charge in [0.2, 0.25) is 11.8 Å². The molecule has 0 radical (unpaired) electrons. The molecule has 4 aromatic rings. The van der Waals surface area contributed by atoms with Gasteiger partial charge in [0.25, 0.3) is 10.0 Å². The number of halogens is 3. The molecule has 1 atom stereocenters. The molecular weight excluding hydrogens is 648 g/mol. The summed E-state index contributed by atoms with van der Waals surface area (Å²) < 4.78 is 43.1. The molecule has 0 saturated heterocycles. The van der Waals surface area contributed by atoms with Gasteiger partial charge < -0.3 is 10.2 Å². The molecule has 0 aliphatic heterocycles. The molecule has 4 aromatic carbocycles. The third-order valence-corrected chi connectivity index (χ3v) is 9.71. The van der Waals surface area contributed by atoms with Gasteiger partial charge in [0, 0.05) is 18.5 Å². The van der Waals surface area contributed by atoms with Crippen LogP contribution in [0.5, 0.6) is 0 Å². The number of anilines is 1. The van der Waals surface area contributed by atoms with E-state index in [2.05, 4.69) is 5.32 Å². The van der Waals surface area contributed by atoms with Crippen LogP contribution >= 0.6 is 23.2 Å². The Morgan fingerprint density at radius 2 is 1.48 bits per heavy atom.